The minimum absolute atomic E-state index is 0. The summed E-state index contributed by atoms with van der Waals surface area (Å²) in [7, 11) is 4.03. The second kappa shape index (κ2) is 10.3. The van der Waals surface area contributed by atoms with Crippen LogP contribution in [0, 0.1) is 0 Å². The number of halogens is 1. The van der Waals surface area contributed by atoms with E-state index < -0.39 is 0 Å². The highest BCUT2D eigenvalue weighted by Crippen LogP contribution is 2.24. The fraction of sp³-hybridized carbons (Fsp3) is 0.316. The van der Waals surface area contributed by atoms with Crippen molar-refractivity contribution in [3.8, 4) is 0 Å². The number of nitrogens with zero attached hydrogens (tertiary/aromatic N) is 2. The van der Waals surface area contributed by atoms with E-state index in [4.69, 9.17) is 4.99 Å². The van der Waals surface area contributed by atoms with Crippen molar-refractivity contribution in [2.75, 3.05) is 27.2 Å². The molecule has 0 aliphatic carbocycles. The second-order valence-corrected chi connectivity index (χ2v) is 5.46. The van der Waals surface area contributed by atoms with Gasteiger partial charge >= 0.3 is 0 Å². The van der Waals surface area contributed by atoms with Crippen LogP contribution < -0.4 is 5.32 Å². The van der Waals surface area contributed by atoms with Crippen LogP contribution in [0.1, 0.15) is 24.0 Å². The molecule has 0 bridgehead atoms. The first-order valence-corrected chi connectivity index (χ1v) is 7.78. The molecule has 0 atom stereocenters. The Balaban J connectivity index is 0.00000264. The zero-order valence-corrected chi connectivity index (χ0v) is 16.4. The van der Waals surface area contributed by atoms with Crippen molar-refractivity contribution in [2.24, 2.45) is 4.99 Å². The summed E-state index contributed by atoms with van der Waals surface area (Å²) in [5.74, 6) is 1.20. The normalized spacial score (nSPS) is 11.0. The number of rotatable bonds is 5. The van der Waals surface area contributed by atoms with Crippen molar-refractivity contribution in [3.63, 3.8) is 0 Å². The molecule has 2 aromatic rings. The maximum absolute atomic E-state index is 4.80. The fourth-order valence-corrected chi connectivity index (χ4v) is 2.47. The van der Waals surface area contributed by atoms with Gasteiger partial charge < -0.3 is 10.2 Å². The summed E-state index contributed by atoms with van der Waals surface area (Å²) >= 11 is 0. The van der Waals surface area contributed by atoms with Crippen LogP contribution in [0.5, 0.6) is 0 Å². The summed E-state index contributed by atoms with van der Waals surface area (Å²) in [4.78, 5) is 6.82. The summed E-state index contributed by atoms with van der Waals surface area (Å²) in [6.07, 6.45) is 0. The molecule has 0 heterocycles. The van der Waals surface area contributed by atoms with Crippen LogP contribution in [0.4, 0.5) is 0 Å². The third-order valence-electron chi connectivity index (χ3n) is 3.59. The Labute approximate surface area is 156 Å². The van der Waals surface area contributed by atoms with E-state index in [2.05, 4.69) is 72.9 Å². The van der Waals surface area contributed by atoms with Crippen LogP contribution in [0.2, 0.25) is 0 Å². The van der Waals surface area contributed by atoms with Gasteiger partial charge in [0.05, 0.1) is 6.54 Å². The molecular formula is C19H26IN3. The first-order valence-electron chi connectivity index (χ1n) is 7.78. The van der Waals surface area contributed by atoms with Gasteiger partial charge in [-0.1, -0.05) is 60.7 Å². The summed E-state index contributed by atoms with van der Waals surface area (Å²) in [6, 6.07) is 21.2. The van der Waals surface area contributed by atoms with Crippen molar-refractivity contribution in [3.05, 3.63) is 71.8 Å². The maximum Gasteiger partial charge on any atom is 0.193 e. The first-order chi connectivity index (χ1) is 10.7. The van der Waals surface area contributed by atoms with E-state index in [1.807, 2.05) is 19.0 Å². The predicted octanol–water partition coefficient (Wildman–Crippen LogP) is 3.96. The highest BCUT2D eigenvalue weighted by molar-refractivity contribution is 14.0. The van der Waals surface area contributed by atoms with Crippen molar-refractivity contribution < 1.29 is 0 Å². The Kier molecular flexibility index (Phi) is 8.69. The molecule has 0 aliphatic heterocycles. The molecule has 0 spiro atoms. The number of guanidine groups is 1. The highest BCUT2D eigenvalue weighted by Gasteiger charge is 2.14. The van der Waals surface area contributed by atoms with Gasteiger partial charge in [0.15, 0.2) is 5.96 Å². The van der Waals surface area contributed by atoms with Gasteiger partial charge in [-0.25, -0.2) is 0 Å². The van der Waals surface area contributed by atoms with Crippen LogP contribution in [0.3, 0.4) is 0 Å². The zero-order chi connectivity index (χ0) is 15.8. The Morgan fingerprint density at radius 3 is 1.83 bits per heavy atom. The van der Waals surface area contributed by atoms with Gasteiger partial charge in [0, 0.05) is 26.6 Å². The van der Waals surface area contributed by atoms with Crippen molar-refractivity contribution in [1.82, 2.24) is 10.2 Å². The van der Waals surface area contributed by atoms with Crippen molar-refractivity contribution in [1.29, 1.82) is 0 Å². The van der Waals surface area contributed by atoms with Gasteiger partial charge in [-0.3, -0.25) is 4.99 Å². The van der Waals surface area contributed by atoms with Crippen molar-refractivity contribution >= 4 is 29.9 Å². The third-order valence-corrected chi connectivity index (χ3v) is 3.59. The Morgan fingerprint density at radius 2 is 1.43 bits per heavy atom. The SMILES string of the molecule is CCNC(=NCC(c1ccccc1)c1ccccc1)N(C)C.I. The van der Waals surface area contributed by atoms with E-state index in [1.54, 1.807) is 0 Å². The van der Waals surface area contributed by atoms with E-state index >= 15 is 0 Å². The quantitative estimate of drug-likeness (QED) is 0.448. The molecule has 0 fully saturated rings. The van der Waals surface area contributed by atoms with Gasteiger partial charge in [0.25, 0.3) is 0 Å². The van der Waals surface area contributed by atoms with Gasteiger partial charge in [0.1, 0.15) is 0 Å². The predicted molar refractivity (Wildman–Crippen MR) is 110 cm³/mol. The van der Waals surface area contributed by atoms with Crippen LogP contribution >= 0.6 is 24.0 Å². The maximum atomic E-state index is 4.80. The molecule has 3 nitrogen and oxygen atoms in total. The molecule has 0 radical (unpaired) electrons. The Morgan fingerprint density at radius 1 is 0.957 bits per heavy atom. The summed E-state index contributed by atoms with van der Waals surface area (Å²) < 4.78 is 0. The van der Waals surface area contributed by atoms with Crippen LogP contribution in [0.15, 0.2) is 65.7 Å². The number of nitrogens with one attached hydrogen (secondary N) is 1. The topological polar surface area (TPSA) is 27.6 Å². The minimum atomic E-state index is 0. The summed E-state index contributed by atoms with van der Waals surface area (Å²) in [6.45, 7) is 3.69. The van der Waals surface area contributed by atoms with Crippen LogP contribution in [-0.2, 0) is 0 Å². The van der Waals surface area contributed by atoms with E-state index in [9.17, 15) is 0 Å². The van der Waals surface area contributed by atoms with E-state index in [0.717, 1.165) is 19.0 Å². The van der Waals surface area contributed by atoms with Gasteiger partial charge in [-0.2, -0.15) is 0 Å². The Bertz CT molecular complexity index is 543. The molecule has 0 aliphatic rings. The van der Waals surface area contributed by atoms with E-state index in [0.29, 0.717) is 0 Å². The molecule has 4 heteroatoms. The van der Waals surface area contributed by atoms with E-state index in [-0.39, 0.29) is 29.9 Å². The molecule has 0 saturated carbocycles. The lowest BCUT2D eigenvalue weighted by Crippen LogP contribution is -2.36. The summed E-state index contributed by atoms with van der Waals surface area (Å²) in [5, 5.41) is 3.32. The third kappa shape index (κ3) is 5.86. The smallest absolute Gasteiger partial charge is 0.193 e. The standard InChI is InChI=1S/C19H25N3.HI/c1-4-20-19(22(2)3)21-15-18(16-11-7-5-8-12-16)17-13-9-6-10-14-17;/h5-14,18H,4,15H2,1-3H3,(H,20,21);1H. The molecule has 0 saturated heterocycles. The molecular weight excluding hydrogens is 397 g/mol. The number of aliphatic imine (C=N–C) groups is 1. The zero-order valence-electron chi connectivity index (χ0n) is 14.1. The van der Waals surface area contributed by atoms with E-state index in [1.165, 1.54) is 11.1 Å². The number of hydrogen-bond donors (Lipinski definition) is 1. The van der Waals surface area contributed by atoms with Gasteiger partial charge in [-0.05, 0) is 18.1 Å². The highest BCUT2D eigenvalue weighted by atomic mass is 127. The average Bonchev–Trinajstić information content (AvgIpc) is 2.56. The molecule has 1 N–H and O–H groups in total. The fourth-order valence-electron chi connectivity index (χ4n) is 2.47. The molecule has 0 unspecified atom stereocenters. The largest absolute Gasteiger partial charge is 0.357 e. The molecule has 2 aromatic carbocycles. The second-order valence-electron chi connectivity index (χ2n) is 5.46. The molecule has 0 amide bonds. The monoisotopic (exact) mass is 423 g/mol. The van der Waals surface area contributed by atoms with Gasteiger partial charge in [-0.15, -0.1) is 24.0 Å². The van der Waals surface area contributed by atoms with Crippen molar-refractivity contribution in [2.45, 2.75) is 12.8 Å². The lowest BCUT2D eigenvalue weighted by molar-refractivity contribution is 0.581. The lowest BCUT2D eigenvalue weighted by atomic mass is 9.91. The molecule has 2 rings (SSSR count). The average molecular weight is 423 g/mol. The molecule has 124 valence electrons. The van der Waals surface area contributed by atoms with Crippen LogP contribution in [0.25, 0.3) is 0 Å². The van der Waals surface area contributed by atoms with Gasteiger partial charge in [0.2, 0.25) is 0 Å². The summed E-state index contributed by atoms with van der Waals surface area (Å²) in [5.41, 5.74) is 2.60. The minimum Gasteiger partial charge on any atom is -0.357 e. The Hall–Kier alpha value is -1.56. The molecule has 23 heavy (non-hydrogen) atoms. The lowest BCUT2D eigenvalue weighted by Gasteiger charge is -2.20. The number of hydrogen-bond acceptors (Lipinski definition) is 1. The number of benzene rings is 2. The first kappa shape index (κ1) is 19.5. The molecule has 0 aromatic heterocycles. The van der Waals surface area contributed by atoms with Crippen LogP contribution in [-0.4, -0.2) is 38.0 Å².